The van der Waals surface area contributed by atoms with Gasteiger partial charge in [0.25, 0.3) is 8.32 Å². The van der Waals surface area contributed by atoms with Crippen molar-refractivity contribution in [3.05, 3.63) is 58.8 Å². The third kappa shape index (κ3) is 6.31. The number of hydrogen-bond acceptors (Lipinski definition) is 5. The van der Waals surface area contributed by atoms with Crippen LogP contribution < -0.4 is 14.6 Å². The monoisotopic (exact) mass is 526 g/mol. The average molecular weight is 527 g/mol. The molecule has 3 aromatic rings. The molecule has 36 heavy (non-hydrogen) atoms. The fourth-order valence-corrected chi connectivity index (χ4v) is 5.28. The van der Waals surface area contributed by atoms with Gasteiger partial charge in [-0.15, -0.1) is 0 Å². The van der Waals surface area contributed by atoms with E-state index < -0.39 is 16.6 Å². The number of rotatable bonds is 8. The van der Waals surface area contributed by atoms with Crippen molar-refractivity contribution in [2.75, 3.05) is 13.2 Å². The van der Waals surface area contributed by atoms with Crippen LogP contribution in [0.1, 0.15) is 41.5 Å². The van der Waals surface area contributed by atoms with Crippen molar-refractivity contribution >= 4 is 27.6 Å². The van der Waals surface area contributed by atoms with Crippen LogP contribution in [-0.2, 0) is 4.43 Å². The maximum absolute atomic E-state index is 13.3. The van der Waals surface area contributed by atoms with Gasteiger partial charge in [-0.05, 0) is 36.3 Å². The molecule has 0 aliphatic carbocycles. The topological polar surface area (TPSA) is 57.9 Å². The number of benzene rings is 2. The molecule has 0 N–H and O–H groups in total. The Kier molecular flexibility index (Phi) is 7.99. The van der Waals surface area contributed by atoms with Gasteiger partial charge in [0, 0.05) is 23.8 Å². The molecule has 0 amide bonds. The molecule has 0 aliphatic rings. The molecule has 2 aromatic carbocycles. The smallest absolute Gasteiger partial charge is 0.250 e. The highest BCUT2D eigenvalue weighted by molar-refractivity contribution is 6.75. The first kappa shape index (κ1) is 28.2. The van der Waals surface area contributed by atoms with Crippen molar-refractivity contribution in [1.29, 1.82) is 0 Å². The minimum Gasteiger partial charge on any atom is -0.543 e. The summed E-state index contributed by atoms with van der Waals surface area (Å²) in [7, 11) is -4.09. The molecule has 0 saturated carbocycles. The van der Waals surface area contributed by atoms with Crippen LogP contribution in [0.2, 0.25) is 36.3 Å². The second kappa shape index (κ2) is 10.2. The van der Waals surface area contributed by atoms with Gasteiger partial charge in [-0.25, -0.2) is 0 Å². The zero-order valence-electron chi connectivity index (χ0n) is 23.6. The summed E-state index contributed by atoms with van der Waals surface area (Å²) >= 11 is 0. The average Bonchev–Trinajstić information content (AvgIpc) is 2.75. The van der Waals surface area contributed by atoms with Crippen LogP contribution in [0.3, 0.4) is 0 Å². The van der Waals surface area contributed by atoms with Gasteiger partial charge < -0.3 is 18.0 Å². The lowest BCUT2D eigenvalue weighted by molar-refractivity contribution is 0.203. The molecule has 0 atom stereocenters. The van der Waals surface area contributed by atoms with Crippen molar-refractivity contribution in [3.8, 4) is 22.8 Å². The Balaban J connectivity index is 2.00. The lowest BCUT2D eigenvalue weighted by Crippen LogP contribution is -2.44. The molecule has 196 valence electrons. The first-order valence-corrected chi connectivity index (χ1v) is 18.5. The summed E-state index contributed by atoms with van der Waals surface area (Å²) in [6.45, 7) is 22.9. The van der Waals surface area contributed by atoms with Gasteiger partial charge in [-0.1, -0.05) is 71.9 Å². The van der Waals surface area contributed by atoms with Gasteiger partial charge in [0.15, 0.2) is 13.7 Å². The van der Waals surface area contributed by atoms with Crippen molar-refractivity contribution in [2.45, 2.75) is 77.8 Å². The van der Waals surface area contributed by atoms with E-state index in [1.54, 1.807) is 12.1 Å². The Labute approximate surface area is 218 Å². The van der Waals surface area contributed by atoms with Crippen molar-refractivity contribution in [1.82, 2.24) is 0 Å². The fraction of sp³-hybridized carbons (Fsp3) is 0.483. The van der Waals surface area contributed by atoms with E-state index in [-0.39, 0.29) is 15.5 Å². The second-order valence-corrected chi connectivity index (χ2v) is 22.0. The van der Waals surface area contributed by atoms with E-state index in [2.05, 4.69) is 67.7 Å². The van der Waals surface area contributed by atoms with Crippen LogP contribution in [0.15, 0.2) is 57.7 Å². The molecule has 0 aliphatic heterocycles. The summed E-state index contributed by atoms with van der Waals surface area (Å²) in [6, 6.07) is 14.8. The van der Waals surface area contributed by atoms with E-state index in [4.69, 9.17) is 18.0 Å². The van der Waals surface area contributed by atoms with Crippen LogP contribution in [0.25, 0.3) is 22.3 Å². The third-order valence-electron chi connectivity index (χ3n) is 7.62. The summed E-state index contributed by atoms with van der Waals surface area (Å²) in [5.41, 5.74) is 1.17. The van der Waals surface area contributed by atoms with Crippen LogP contribution in [0.4, 0.5) is 0 Å². The fourth-order valence-electron chi connectivity index (χ4n) is 3.24. The molecule has 0 radical (unpaired) electrons. The Morgan fingerprint density at radius 3 is 2.00 bits per heavy atom. The van der Waals surface area contributed by atoms with Gasteiger partial charge in [-0.3, -0.25) is 4.79 Å². The molecule has 0 spiro atoms. The van der Waals surface area contributed by atoms with E-state index in [0.717, 1.165) is 5.56 Å². The van der Waals surface area contributed by atoms with Crippen LogP contribution in [0.5, 0.6) is 11.5 Å². The Bertz CT molecular complexity index is 1250. The number of hydrogen-bond donors (Lipinski definition) is 0. The molecule has 0 unspecified atom stereocenters. The molecular formula is C29H42O5Si2. The lowest BCUT2D eigenvalue weighted by atomic mass is 10.1. The van der Waals surface area contributed by atoms with Gasteiger partial charge in [-0.2, -0.15) is 0 Å². The van der Waals surface area contributed by atoms with Crippen molar-refractivity contribution in [2.24, 2.45) is 0 Å². The largest absolute Gasteiger partial charge is 0.543 e. The minimum atomic E-state index is -2.23. The Hall–Kier alpha value is -2.36. The standard InChI is InChI=1S/C29H42O5Si2/c1-28(2,3)35(7,8)32-17-16-31-22-18-25-27(26(19-22)34-36(9,10)29(4,5)6)23(30)20-24(33-25)21-14-12-11-13-15-21/h11-15,18-20H,16-17H2,1-10H3. The molecular weight excluding hydrogens is 484 g/mol. The highest BCUT2D eigenvalue weighted by atomic mass is 28.4. The molecule has 5 nitrogen and oxygen atoms in total. The molecule has 3 rings (SSSR count). The molecule has 0 fully saturated rings. The van der Waals surface area contributed by atoms with Crippen LogP contribution in [0, 0.1) is 0 Å². The van der Waals surface area contributed by atoms with Gasteiger partial charge in [0.2, 0.25) is 0 Å². The van der Waals surface area contributed by atoms with E-state index in [9.17, 15) is 4.79 Å². The highest BCUT2D eigenvalue weighted by Gasteiger charge is 2.40. The Morgan fingerprint density at radius 1 is 0.806 bits per heavy atom. The second-order valence-electron chi connectivity index (χ2n) is 12.5. The third-order valence-corrected chi connectivity index (χ3v) is 16.5. The quantitative estimate of drug-likeness (QED) is 0.218. The van der Waals surface area contributed by atoms with Crippen LogP contribution in [-0.4, -0.2) is 29.8 Å². The van der Waals surface area contributed by atoms with E-state index >= 15 is 0 Å². The summed E-state index contributed by atoms with van der Waals surface area (Å²) in [5, 5.41) is 0.554. The highest BCUT2D eigenvalue weighted by Crippen LogP contribution is 2.41. The first-order chi connectivity index (χ1) is 16.5. The molecule has 0 saturated heterocycles. The van der Waals surface area contributed by atoms with Gasteiger partial charge >= 0.3 is 0 Å². The Morgan fingerprint density at radius 2 is 1.42 bits per heavy atom. The number of fused-ring (bicyclic) bond motifs is 1. The van der Waals surface area contributed by atoms with Gasteiger partial charge in [0.05, 0.1) is 6.61 Å². The molecule has 7 heteroatoms. The van der Waals surface area contributed by atoms with Gasteiger partial charge in [0.1, 0.15) is 34.8 Å². The lowest BCUT2D eigenvalue weighted by Gasteiger charge is -2.36. The zero-order valence-corrected chi connectivity index (χ0v) is 25.6. The van der Waals surface area contributed by atoms with Crippen molar-refractivity contribution < 1.29 is 18.0 Å². The molecule has 0 bridgehead atoms. The minimum absolute atomic E-state index is 0.0304. The predicted molar refractivity (Wildman–Crippen MR) is 154 cm³/mol. The SMILES string of the molecule is CC(C)(C)[Si](C)(C)OCCOc1cc(O[Si](C)(C)C(C)(C)C)c2c(=O)cc(-c3ccccc3)oc2c1. The summed E-state index contributed by atoms with van der Waals surface area (Å²) in [5.74, 6) is 1.64. The van der Waals surface area contributed by atoms with E-state index in [1.807, 2.05) is 36.4 Å². The first-order valence-electron chi connectivity index (χ1n) is 12.6. The van der Waals surface area contributed by atoms with Crippen LogP contribution >= 0.6 is 0 Å². The maximum Gasteiger partial charge on any atom is 0.250 e. The number of ether oxygens (including phenoxy) is 1. The summed E-state index contributed by atoms with van der Waals surface area (Å²) in [4.78, 5) is 13.3. The zero-order chi connectivity index (χ0) is 26.9. The maximum atomic E-state index is 13.3. The molecule has 1 heterocycles. The predicted octanol–water partition coefficient (Wildman–Crippen LogP) is 8.24. The van der Waals surface area contributed by atoms with Crippen molar-refractivity contribution in [3.63, 3.8) is 0 Å². The normalized spacial score (nSPS) is 13.2. The van der Waals surface area contributed by atoms with E-state index in [0.29, 0.717) is 41.4 Å². The molecule has 1 aromatic heterocycles. The van der Waals surface area contributed by atoms with E-state index in [1.165, 1.54) is 0 Å². The summed E-state index contributed by atoms with van der Waals surface area (Å²) in [6.07, 6.45) is 0. The summed E-state index contributed by atoms with van der Waals surface area (Å²) < 4.78 is 25.3.